The second kappa shape index (κ2) is 4.41. The van der Waals surface area contributed by atoms with Crippen LogP contribution in [0.2, 0.25) is 0 Å². The fourth-order valence-electron chi connectivity index (χ4n) is 2.66. The lowest BCUT2D eigenvalue weighted by Gasteiger charge is -2.13. The Bertz CT molecular complexity index is 532. The van der Waals surface area contributed by atoms with Crippen molar-refractivity contribution in [3.8, 4) is 0 Å². The van der Waals surface area contributed by atoms with Crippen LogP contribution in [0.4, 0.5) is 5.82 Å². The van der Waals surface area contributed by atoms with Crippen LogP contribution >= 0.6 is 0 Å². The second-order valence-electron chi connectivity index (χ2n) is 4.96. The van der Waals surface area contributed by atoms with E-state index in [0.717, 1.165) is 30.2 Å². The summed E-state index contributed by atoms with van der Waals surface area (Å²) in [6.07, 6.45) is 2.16. The molecule has 92 valence electrons. The molecular formula is C15H17N3. The van der Waals surface area contributed by atoms with E-state index < -0.39 is 0 Å². The van der Waals surface area contributed by atoms with Gasteiger partial charge < -0.3 is 5.32 Å². The van der Waals surface area contributed by atoms with Crippen molar-refractivity contribution >= 4 is 5.82 Å². The monoisotopic (exact) mass is 239 g/mol. The van der Waals surface area contributed by atoms with Crippen LogP contribution in [0.1, 0.15) is 22.6 Å². The molecule has 0 atom stereocenters. The van der Waals surface area contributed by atoms with E-state index in [4.69, 9.17) is 0 Å². The third-order valence-corrected chi connectivity index (χ3v) is 3.37. The Labute approximate surface area is 107 Å². The summed E-state index contributed by atoms with van der Waals surface area (Å²) in [5.41, 5.74) is 3.93. The van der Waals surface area contributed by atoms with Gasteiger partial charge in [-0.25, -0.2) is 9.97 Å². The first-order chi connectivity index (χ1) is 8.70. The first-order valence-corrected chi connectivity index (χ1v) is 6.36. The highest BCUT2D eigenvalue weighted by Gasteiger charge is 2.20. The first-order valence-electron chi connectivity index (χ1n) is 6.36. The average molecular weight is 239 g/mol. The van der Waals surface area contributed by atoms with Crippen molar-refractivity contribution < 1.29 is 0 Å². The van der Waals surface area contributed by atoms with Gasteiger partial charge in [-0.3, -0.25) is 0 Å². The van der Waals surface area contributed by atoms with Crippen LogP contribution in [0.3, 0.4) is 0 Å². The topological polar surface area (TPSA) is 37.8 Å². The average Bonchev–Trinajstić information content (AvgIpc) is 2.69. The highest BCUT2D eigenvalue weighted by molar-refractivity contribution is 5.42. The van der Waals surface area contributed by atoms with Crippen molar-refractivity contribution in [2.45, 2.75) is 32.7 Å². The maximum Gasteiger partial charge on any atom is 0.130 e. The molecule has 18 heavy (non-hydrogen) atoms. The van der Waals surface area contributed by atoms with Crippen LogP contribution in [0.5, 0.6) is 0 Å². The Hall–Kier alpha value is -1.90. The number of nitrogens with zero attached hydrogens (tertiary/aromatic N) is 2. The second-order valence-corrected chi connectivity index (χ2v) is 4.96. The molecule has 3 heteroatoms. The lowest BCUT2D eigenvalue weighted by atomic mass is 10.1. The van der Waals surface area contributed by atoms with E-state index in [1.807, 2.05) is 19.9 Å². The largest absolute Gasteiger partial charge is 0.367 e. The fraction of sp³-hybridized carbons (Fsp3) is 0.333. The molecule has 2 aromatic rings. The maximum absolute atomic E-state index is 4.44. The van der Waals surface area contributed by atoms with E-state index in [9.17, 15) is 0 Å². The molecule has 1 aliphatic carbocycles. The Kier molecular flexibility index (Phi) is 2.74. The zero-order valence-electron chi connectivity index (χ0n) is 10.8. The van der Waals surface area contributed by atoms with Gasteiger partial charge in [0.05, 0.1) is 0 Å². The number of aromatic nitrogens is 2. The molecule has 0 fully saturated rings. The van der Waals surface area contributed by atoms with Gasteiger partial charge in [0.15, 0.2) is 0 Å². The summed E-state index contributed by atoms with van der Waals surface area (Å²) >= 11 is 0. The van der Waals surface area contributed by atoms with E-state index in [-0.39, 0.29) is 0 Å². The van der Waals surface area contributed by atoms with Crippen LogP contribution in [0.25, 0.3) is 0 Å². The van der Waals surface area contributed by atoms with E-state index >= 15 is 0 Å². The molecular weight excluding hydrogens is 222 g/mol. The van der Waals surface area contributed by atoms with Crippen LogP contribution in [-0.2, 0) is 12.8 Å². The molecule has 0 radical (unpaired) electrons. The fourth-order valence-corrected chi connectivity index (χ4v) is 2.66. The van der Waals surface area contributed by atoms with Gasteiger partial charge >= 0.3 is 0 Å². The molecule has 3 rings (SSSR count). The lowest BCUT2D eigenvalue weighted by molar-refractivity contribution is 0.765. The van der Waals surface area contributed by atoms with E-state index in [0.29, 0.717) is 6.04 Å². The summed E-state index contributed by atoms with van der Waals surface area (Å²) in [6, 6.07) is 11.1. The molecule has 0 saturated carbocycles. The number of benzene rings is 1. The third-order valence-electron chi connectivity index (χ3n) is 3.37. The molecule has 0 saturated heterocycles. The van der Waals surface area contributed by atoms with Gasteiger partial charge in [0.25, 0.3) is 0 Å². The van der Waals surface area contributed by atoms with Crippen LogP contribution < -0.4 is 5.32 Å². The quantitative estimate of drug-likeness (QED) is 0.875. The molecule has 0 unspecified atom stereocenters. The number of aryl methyl sites for hydroxylation is 2. The third kappa shape index (κ3) is 2.21. The minimum atomic E-state index is 0.455. The molecule has 0 amide bonds. The van der Waals surface area contributed by atoms with Gasteiger partial charge in [0.1, 0.15) is 11.6 Å². The van der Waals surface area contributed by atoms with Gasteiger partial charge in [-0.15, -0.1) is 0 Å². The minimum absolute atomic E-state index is 0.455. The zero-order chi connectivity index (χ0) is 12.5. The smallest absolute Gasteiger partial charge is 0.130 e. The molecule has 0 spiro atoms. The normalized spacial score (nSPS) is 14.6. The van der Waals surface area contributed by atoms with Crippen LogP contribution in [0, 0.1) is 13.8 Å². The van der Waals surface area contributed by atoms with Crippen molar-refractivity contribution in [3.05, 3.63) is 53.0 Å². The van der Waals surface area contributed by atoms with Crippen molar-refractivity contribution in [2.75, 3.05) is 5.32 Å². The minimum Gasteiger partial charge on any atom is -0.367 e. The summed E-state index contributed by atoms with van der Waals surface area (Å²) in [5.74, 6) is 1.77. The van der Waals surface area contributed by atoms with Gasteiger partial charge in [-0.2, -0.15) is 0 Å². The molecule has 1 aromatic heterocycles. The SMILES string of the molecule is Cc1cc(NC2Cc3ccccc3C2)nc(C)n1. The van der Waals surface area contributed by atoms with E-state index in [1.54, 1.807) is 0 Å². The Balaban J connectivity index is 1.76. The molecule has 1 aromatic carbocycles. The number of nitrogens with one attached hydrogen (secondary N) is 1. The predicted molar refractivity (Wildman–Crippen MR) is 72.8 cm³/mol. The van der Waals surface area contributed by atoms with E-state index in [1.165, 1.54) is 11.1 Å². The molecule has 0 aliphatic heterocycles. The summed E-state index contributed by atoms with van der Waals surface area (Å²) < 4.78 is 0. The van der Waals surface area contributed by atoms with Gasteiger partial charge in [0.2, 0.25) is 0 Å². The standard InChI is InChI=1S/C15H17N3/c1-10-7-15(17-11(2)16-10)18-14-8-12-5-3-4-6-13(12)9-14/h3-7,14H,8-9H2,1-2H3,(H,16,17,18). The Morgan fingerprint density at radius 1 is 1.06 bits per heavy atom. The molecule has 1 heterocycles. The Morgan fingerprint density at radius 3 is 2.33 bits per heavy atom. The van der Waals surface area contributed by atoms with Crippen molar-refractivity contribution in [1.29, 1.82) is 0 Å². The number of hydrogen-bond acceptors (Lipinski definition) is 3. The van der Waals surface area contributed by atoms with Crippen LogP contribution in [-0.4, -0.2) is 16.0 Å². The summed E-state index contributed by atoms with van der Waals surface area (Å²) in [7, 11) is 0. The van der Waals surface area contributed by atoms with Crippen LogP contribution in [0.15, 0.2) is 30.3 Å². The predicted octanol–water partition coefficient (Wildman–Crippen LogP) is 2.67. The molecule has 1 N–H and O–H groups in total. The van der Waals surface area contributed by atoms with Crippen molar-refractivity contribution in [3.63, 3.8) is 0 Å². The van der Waals surface area contributed by atoms with Gasteiger partial charge in [-0.05, 0) is 37.8 Å². The number of hydrogen-bond donors (Lipinski definition) is 1. The summed E-state index contributed by atoms with van der Waals surface area (Å²) in [6.45, 7) is 3.94. The van der Waals surface area contributed by atoms with E-state index in [2.05, 4.69) is 39.6 Å². The van der Waals surface area contributed by atoms with Crippen molar-refractivity contribution in [2.24, 2.45) is 0 Å². The van der Waals surface area contributed by atoms with Gasteiger partial charge in [-0.1, -0.05) is 24.3 Å². The highest BCUT2D eigenvalue weighted by Crippen LogP contribution is 2.23. The molecule has 0 bridgehead atoms. The molecule has 3 nitrogen and oxygen atoms in total. The highest BCUT2D eigenvalue weighted by atomic mass is 15.0. The lowest BCUT2D eigenvalue weighted by Crippen LogP contribution is -2.20. The zero-order valence-corrected chi connectivity index (χ0v) is 10.8. The number of fused-ring (bicyclic) bond motifs is 1. The maximum atomic E-state index is 4.44. The molecule has 1 aliphatic rings. The number of rotatable bonds is 2. The summed E-state index contributed by atoms with van der Waals surface area (Å²) in [4.78, 5) is 8.74. The summed E-state index contributed by atoms with van der Waals surface area (Å²) in [5, 5.41) is 3.52. The number of anilines is 1. The Morgan fingerprint density at radius 2 is 1.72 bits per heavy atom. The first kappa shape index (κ1) is 11.2. The van der Waals surface area contributed by atoms with Gasteiger partial charge in [0, 0.05) is 17.8 Å². The van der Waals surface area contributed by atoms with Crippen molar-refractivity contribution in [1.82, 2.24) is 9.97 Å².